The zero-order valence-corrected chi connectivity index (χ0v) is 18.8. The van der Waals surface area contributed by atoms with Gasteiger partial charge in [-0.3, -0.25) is 9.79 Å². The van der Waals surface area contributed by atoms with E-state index >= 15 is 0 Å². The van der Waals surface area contributed by atoms with Gasteiger partial charge in [0.05, 0.1) is 0 Å². The van der Waals surface area contributed by atoms with Gasteiger partial charge in [-0.15, -0.1) is 24.0 Å². The minimum Gasteiger partial charge on any atom is -0.357 e. The van der Waals surface area contributed by atoms with E-state index in [-0.39, 0.29) is 35.9 Å². The van der Waals surface area contributed by atoms with Crippen molar-refractivity contribution in [2.45, 2.75) is 71.9 Å². The van der Waals surface area contributed by atoms with Crippen molar-refractivity contribution in [3.63, 3.8) is 0 Å². The summed E-state index contributed by atoms with van der Waals surface area (Å²) in [7, 11) is 0. The molecule has 0 bridgehead atoms. The van der Waals surface area contributed by atoms with E-state index in [1.54, 1.807) is 0 Å². The normalized spacial score (nSPS) is 18.6. The molecule has 1 rings (SSSR count). The van der Waals surface area contributed by atoms with Crippen LogP contribution in [0.5, 0.6) is 0 Å². The molecule has 1 amide bonds. The van der Waals surface area contributed by atoms with Crippen molar-refractivity contribution in [1.29, 1.82) is 0 Å². The van der Waals surface area contributed by atoms with Crippen molar-refractivity contribution in [2.24, 2.45) is 4.99 Å². The van der Waals surface area contributed by atoms with Crippen LogP contribution in [0.15, 0.2) is 4.99 Å². The van der Waals surface area contributed by atoms with E-state index in [0.717, 1.165) is 32.0 Å². The van der Waals surface area contributed by atoms with Crippen molar-refractivity contribution in [3.05, 3.63) is 0 Å². The van der Waals surface area contributed by atoms with Gasteiger partial charge in [-0.1, -0.05) is 6.42 Å². The number of nitrogens with one attached hydrogen (secondary N) is 3. The Balaban J connectivity index is 0.00000576. The molecular formula is C18H38IN5O. The molecule has 1 fully saturated rings. The van der Waals surface area contributed by atoms with Crippen LogP contribution in [-0.2, 0) is 4.79 Å². The summed E-state index contributed by atoms with van der Waals surface area (Å²) in [6.07, 6.45) is 5.57. The molecule has 7 heteroatoms. The Morgan fingerprint density at radius 3 is 2.68 bits per heavy atom. The summed E-state index contributed by atoms with van der Waals surface area (Å²) in [6, 6.07) is 0.908. The highest BCUT2D eigenvalue weighted by Crippen LogP contribution is 2.16. The van der Waals surface area contributed by atoms with Crippen molar-refractivity contribution in [1.82, 2.24) is 20.9 Å². The SMILES string of the molecule is CCNC(=NCCCN1CCCCC1C)NCCC(=O)NC(C)C.I. The lowest BCUT2D eigenvalue weighted by atomic mass is 10.0. The van der Waals surface area contributed by atoms with Gasteiger partial charge in [0.15, 0.2) is 5.96 Å². The lowest BCUT2D eigenvalue weighted by Crippen LogP contribution is -2.40. The lowest BCUT2D eigenvalue weighted by Gasteiger charge is -2.33. The lowest BCUT2D eigenvalue weighted by molar-refractivity contribution is -0.121. The second-order valence-electron chi connectivity index (χ2n) is 6.89. The minimum absolute atomic E-state index is 0. The van der Waals surface area contributed by atoms with Crippen LogP contribution in [0.3, 0.4) is 0 Å². The number of halogens is 1. The molecule has 1 aliphatic heterocycles. The molecule has 3 N–H and O–H groups in total. The van der Waals surface area contributed by atoms with Crippen LogP contribution in [0.4, 0.5) is 0 Å². The molecule has 0 aromatic heterocycles. The van der Waals surface area contributed by atoms with Crippen LogP contribution in [0.2, 0.25) is 0 Å². The van der Waals surface area contributed by atoms with Gasteiger partial charge < -0.3 is 20.9 Å². The van der Waals surface area contributed by atoms with Gasteiger partial charge in [-0.05, 0) is 53.5 Å². The van der Waals surface area contributed by atoms with Crippen LogP contribution in [0.25, 0.3) is 0 Å². The molecule has 25 heavy (non-hydrogen) atoms. The third-order valence-electron chi connectivity index (χ3n) is 4.25. The largest absolute Gasteiger partial charge is 0.357 e. The monoisotopic (exact) mass is 467 g/mol. The summed E-state index contributed by atoms with van der Waals surface area (Å²) in [6.45, 7) is 12.9. The van der Waals surface area contributed by atoms with E-state index in [2.05, 4.69) is 39.7 Å². The average molecular weight is 467 g/mol. The van der Waals surface area contributed by atoms with E-state index < -0.39 is 0 Å². The van der Waals surface area contributed by atoms with Crippen LogP contribution in [-0.4, -0.2) is 61.6 Å². The quantitative estimate of drug-likeness (QED) is 0.211. The standard InChI is InChI=1S/C18H37N5O.HI/c1-5-19-18(21-12-10-17(24)22-15(2)3)20-11-8-14-23-13-7-6-9-16(23)4;/h15-16H,5-14H2,1-4H3,(H,22,24)(H2,19,20,21);1H. The second-order valence-corrected chi connectivity index (χ2v) is 6.89. The first-order chi connectivity index (χ1) is 11.5. The van der Waals surface area contributed by atoms with Crippen LogP contribution in [0, 0.1) is 0 Å². The van der Waals surface area contributed by atoms with Crippen molar-refractivity contribution in [3.8, 4) is 0 Å². The fourth-order valence-corrected chi connectivity index (χ4v) is 2.98. The van der Waals surface area contributed by atoms with Crippen LogP contribution < -0.4 is 16.0 Å². The number of carbonyl (C=O) groups excluding carboxylic acids is 1. The zero-order chi connectivity index (χ0) is 17.8. The number of hydrogen-bond donors (Lipinski definition) is 3. The Hall–Kier alpha value is -0.570. The average Bonchev–Trinajstić information content (AvgIpc) is 2.52. The van der Waals surface area contributed by atoms with Crippen LogP contribution >= 0.6 is 24.0 Å². The molecule has 1 heterocycles. The second kappa shape index (κ2) is 14.6. The van der Waals surface area contributed by atoms with Gasteiger partial charge in [-0.25, -0.2) is 0 Å². The van der Waals surface area contributed by atoms with E-state index in [1.807, 2.05) is 13.8 Å². The Kier molecular flexibility index (Phi) is 14.3. The highest BCUT2D eigenvalue weighted by molar-refractivity contribution is 14.0. The molecule has 1 aliphatic rings. The number of hydrogen-bond acceptors (Lipinski definition) is 3. The summed E-state index contributed by atoms with van der Waals surface area (Å²) < 4.78 is 0. The smallest absolute Gasteiger partial charge is 0.221 e. The molecule has 0 aromatic carbocycles. The Morgan fingerprint density at radius 2 is 2.04 bits per heavy atom. The molecule has 0 spiro atoms. The summed E-state index contributed by atoms with van der Waals surface area (Å²) in [5, 5.41) is 9.37. The Bertz CT molecular complexity index is 390. The summed E-state index contributed by atoms with van der Waals surface area (Å²) in [5.74, 6) is 0.883. The topological polar surface area (TPSA) is 68.8 Å². The zero-order valence-electron chi connectivity index (χ0n) is 16.4. The highest BCUT2D eigenvalue weighted by Gasteiger charge is 2.16. The number of nitrogens with zero attached hydrogens (tertiary/aromatic N) is 2. The van der Waals surface area contributed by atoms with Crippen molar-refractivity contribution in [2.75, 3.05) is 32.7 Å². The molecule has 0 saturated carbocycles. The molecule has 148 valence electrons. The molecule has 1 saturated heterocycles. The van der Waals surface area contributed by atoms with Gasteiger partial charge >= 0.3 is 0 Å². The Morgan fingerprint density at radius 1 is 1.28 bits per heavy atom. The molecule has 1 unspecified atom stereocenters. The maximum atomic E-state index is 11.6. The number of likely N-dealkylation sites (tertiary alicyclic amines) is 1. The number of piperidine rings is 1. The van der Waals surface area contributed by atoms with E-state index in [1.165, 1.54) is 25.8 Å². The van der Waals surface area contributed by atoms with Gasteiger partial charge in [0.1, 0.15) is 0 Å². The fourth-order valence-electron chi connectivity index (χ4n) is 2.98. The first kappa shape index (κ1) is 24.4. The number of rotatable bonds is 9. The predicted molar refractivity (Wildman–Crippen MR) is 117 cm³/mol. The minimum atomic E-state index is 0. The molecule has 0 aliphatic carbocycles. The van der Waals surface area contributed by atoms with Crippen LogP contribution in [0.1, 0.15) is 59.8 Å². The van der Waals surface area contributed by atoms with Gasteiger partial charge in [0, 0.05) is 44.7 Å². The third-order valence-corrected chi connectivity index (χ3v) is 4.25. The molecule has 0 radical (unpaired) electrons. The molecular weight excluding hydrogens is 429 g/mol. The third kappa shape index (κ3) is 11.6. The fraction of sp³-hybridized carbons (Fsp3) is 0.889. The first-order valence-corrected chi connectivity index (χ1v) is 9.58. The van der Waals surface area contributed by atoms with Gasteiger partial charge in [0.2, 0.25) is 5.91 Å². The van der Waals surface area contributed by atoms with E-state index in [4.69, 9.17) is 0 Å². The summed E-state index contributed by atoms with van der Waals surface area (Å²) in [4.78, 5) is 18.8. The van der Waals surface area contributed by atoms with Gasteiger partial charge in [0.25, 0.3) is 0 Å². The molecule has 0 aromatic rings. The number of amides is 1. The Labute approximate surface area is 171 Å². The molecule has 1 atom stereocenters. The summed E-state index contributed by atoms with van der Waals surface area (Å²) >= 11 is 0. The molecule has 6 nitrogen and oxygen atoms in total. The van der Waals surface area contributed by atoms with Gasteiger partial charge in [-0.2, -0.15) is 0 Å². The van der Waals surface area contributed by atoms with Crippen molar-refractivity contribution >= 4 is 35.8 Å². The first-order valence-electron chi connectivity index (χ1n) is 9.58. The maximum Gasteiger partial charge on any atom is 0.221 e. The number of aliphatic imine (C=N–C) groups is 1. The maximum absolute atomic E-state index is 11.6. The van der Waals surface area contributed by atoms with Crippen molar-refractivity contribution < 1.29 is 4.79 Å². The highest BCUT2D eigenvalue weighted by atomic mass is 127. The van der Waals surface area contributed by atoms with E-state index in [9.17, 15) is 4.79 Å². The van der Waals surface area contributed by atoms with E-state index in [0.29, 0.717) is 19.0 Å². The summed E-state index contributed by atoms with van der Waals surface area (Å²) in [5.41, 5.74) is 0. The number of guanidine groups is 1. The number of carbonyl (C=O) groups is 1. The predicted octanol–water partition coefficient (Wildman–Crippen LogP) is 2.34.